The first kappa shape index (κ1) is 26.7. The molecule has 4 nitrogen and oxygen atoms in total. The molecule has 0 heterocycles. The average molecular weight is 519 g/mol. The third-order valence-electron chi connectivity index (χ3n) is 4.56. The van der Waals surface area contributed by atoms with E-state index in [1.54, 1.807) is 18.3 Å². The summed E-state index contributed by atoms with van der Waals surface area (Å²) in [5.74, 6) is 0.966. The highest BCUT2D eigenvalue weighted by Crippen LogP contribution is 2.37. The van der Waals surface area contributed by atoms with Crippen molar-refractivity contribution in [3.05, 3.63) is 68.1 Å². The fraction of sp³-hybridized carbons (Fsp3) is 0.375. The number of nitrogens with zero attached hydrogens (tertiary/aromatic N) is 1. The van der Waals surface area contributed by atoms with Gasteiger partial charge in [0, 0.05) is 12.1 Å². The van der Waals surface area contributed by atoms with Crippen LogP contribution in [0.4, 0.5) is 0 Å². The van der Waals surface area contributed by atoms with E-state index in [1.807, 2.05) is 19.1 Å². The number of rotatable bonds is 13. The van der Waals surface area contributed by atoms with Crippen LogP contribution in [0.1, 0.15) is 44.2 Å². The van der Waals surface area contributed by atoms with Crippen molar-refractivity contribution in [2.24, 2.45) is 5.16 Å². The molecule has 0 N–H and O–H groups in total. The predicted molar refractivity (Wildman–Crippen MR) is 135 cm³/mol. The van der Waals surface area contributed by atoms with Crippen molar-refractivity contribution in [3.63, 3.8) is 0 Å². The Morgan fingerprint density at radius 2 is 1.72 bits per heavy atom. The van der Waals surface area contributed by atoms with E-state index in [0.29, 0.717) is 28.2 Å². The molecule has 0 aliphatic heterocycles. The fourth-order valence-corrected chi connectivity index (χ4v) is 3.31. The number of unbranched alkanes of at least 4 members (excludes halogenated alkanes) is 1. The maximum atomic E-state index is 6.28. The topological polar surface area (TPSA) is 40.0 Å². The fourth-order valence-electron chi connectivity index (χ4n) is 2.60. The van der Waals surface area contributed by atoms with Gasteiger partial charge in [0.2, 0.25) is 0 Å². The van der Waals surface area contributed by atoms with Crippen molar-refractivity contribution in [2.75, 3.05) is 13.2 Å². The van der Waals surface area contributed by atoms with Crippen molar-refractivity contribution in [2.45, 2.75) is 45.6 Å². The summed E-state index contributed by atoms with van der Waals surface area (Å²) in [5.41, 5.74) is 2.27. The molecule has 2 rings (SSSR count). The van der Waals surface area contributed by atoms with Crippen LogP contribution in [-0.2, 0) is 11.3 Å². The van der Waals surface area contributed by atoms with Crippen LogP contribution in [0.5, 0.6) is 11.5 Å². The Kier molecular flexibility index (Phi) is 12.1. The Hall–Kier alpha value is -1.59. The summed E-state index contributed by atoms with van der Waals surface area (Å²) in [5, 5.41) is 4.80. The molecule has 0 saturated heterocycles. The molecule has 0 bridgehead atoms. The molecule has 0 aliphatic rings. The maximum Gasteiger partial charge on any atom is 0.156 e. The molecule has 1 unspecified atom stereocenters. The summed E-state index contributed by atoms with van der Waals surface area (Å²) in [6, 6.07) is 11.6. The standard InChI is InChI=1S/C24H27Cl4NO3/c1-3-17(2)32-29-16-19-9-7-18(8-10-19)6-4-5-12-31-24-21(25)14-20(15-22(24)26)30-13-11-23(27)28/h7-11,14-17H,3-6,12-13H2,1-2H3/b29-16+. The van der Waals surface area contributed by atoms with Crippen LogP contribution in [0.2, 0.25) is 10.0 Å². The van der Waals surface area contributed by atoms with Crippen molar-refractivity contribution < 1.29 is 14.3 Å². The molecular weight excluding hydrogens is 492 g/mol. The summed E-state index contributed by atoms with van der Waals surface area (Å²) < 4.78 is 11.4. The van der Waals surface area contributed by atoms with Gasteiger partial charge in [0.25, 0.3) is 0 Å². The van der Waals surface area contributed by atoms with Crippen LogP contribution in [0.15, 0.2) is 52.1 Å². The van der Waals surface area contributed by atoms with E-state index in [-0.39, 0.29) is 17.2 Å². The van der Waals surface area contributed by atoms with Crippen molar-refractivity contribution >= 4 is 52.6 Å². The minimum atomic E-state index is 0.127. The van der Waals surface area contributed by atoms with Gasteiger partial charge in [0.1, 0.15) is 23.0 Å². The van der Waals surface area contributed by atoms with Gasteiger partial charge >= 0.3 is 0 Å². The van der Waals surface area contributed by atoms with Crippen LogP contribution in [0.3, 0.4) is 0 Å². The molecule has 174 valence electrons. The Balaban J connectivity index is 1.74. The van der Waals surface area contributed by atoms with E-state index < -0.39 is 0 Å². The average Bonchev–Trinajstić information content (AvgIpc) is 2.75. The first-order valence-corrected chi connectivity index (χ1v) is 11.9. The highest BCUT2D eigenvalue weighted by molar-refractivity contribution is 6.55. The molecule has 0 saturated carbocycles. The second-order valence-electron chi connectivity index (χ2n) is 7.13. The number of ether oxygens (including phenoxy) is 2. The van der Waals surface area contributed by atoms with Crippen molar-refractivity contribution in [3.8, 4) is 11.5 Å². The first-order valence-electron chi connectivity index (χ1n) is 10.4. The molecular formula is C24H27Cl4NO3. The summed E-state index contributed by atoms with van der Waals surface area (Å²) in [6.07, 6.45) is 7.12. The minimum absolute atomic E-state index is 0.127. The summed E-state index contributed by atoms with van der Waals surface area (Å²) in [7, 11) is 0. The largest absolute Gasteiger partial charge is 0.490 e. The number of halogens is 4. The Morgan fingerprint density at radius 1 is 1.03 bits per heavy atom. The Morgan fingerprint density at radius 3 is 2.34 bits per heavy atom. The van der Waals surface area contributed by atoms with E-state index >= 15 is 0 Å². The molecule has 2 aromatic rings. The van der Waals surface area contributed by atoms with Crippen LogP contribution < -0.4 is 9.47 Å². The highest BCUT2D eigenvalue weighted by atomic mass is 35.5. The molecule has 0 radical (unpaired) electrons. The SMILES string of the molecule is CCC(C)O/N=C/c1ccc(CCCCOc2c(Cl)cc(OCC=C(Cl)Cl)cc2Cl)cc1. The number of oxime groups is 1. The molecule has 2 aromatic carbocycles. The summed E-state index contributed by atoms with van der Waals surface area (Å²) in [4.78, 5) is 5.32. The van der Waals surface area contributed by atoms with Gasteiger partial charge in [0.05, 0.1) is 22.9 Å². The normalized spacial score (nSPS) is 11.9. The van der Waals surface area contributed by atoms with Crippen LogP contribution in [0.25, 0.3) is 0 Å². The van der Waals surface area contributed by atoms with Gasteiger partial charge < -0.3 is 14.3 Å². The van der Waals surface area contributed by atoms with Gasteiger partial charge in [-0.25, -0.2) is 0 Å². The zero-order valence-corrected chi connectivity index (χ0v) is 21.1. The van der Waals surface area contributed by atoms with E-state index in [2.05, 4.69) is 24.2 Å². The molecule has 0 aliphatic carbocycles. The van der Waals surface area contributed by atoms with E-state index in [0.717, 1.165) is 31.2 Å². The molecule has 0 aromatic heterocycles. The van der Waals surface area contributed by atoms with Crippen LogP contribution in [-0.4, -0.2) is 25.5 Å². The van der Waals surface area contributed by atoms with Gasteiger partial charge in [-0.3, -0.25) is 0 Å². The molecule has 8 heteroatoms. The monoisotopic (exact) mass is 517 g/mol. The highest BCUT2D eigenvalue weighted by Gasteiger charge is 2.10. The number of hydrogen-bond acceptors (Lipinski definition) is 4. The van der Waals surface area contributed by atoms with E-state index in [9.17, 15) is 0 Å². The quantitative estimate of drug-likeness (QED) is 0.152. The van der Waals surface area contributed by atoms with Crippen LogP contribution >= 0.6 is 46.4 Å². The lowest BCUT2D eigenvalue weighted by atomic mass is 10.1. The van der Waals surface area contributed by atoms with Crippen LogP contribution in [0, 0.1) is 0 Å². The number of benzene rings is 2. The molecule has 0 spiro atoms. The lowest BCUT2D eigenvalue weighted by Crippen LogP contribution is -2.01. The van der Waals surface area contributed by atoms with Gasteiger partial charge in [-0.15, -0.1) is 0 Å². The number of aryl methyl sites for hydroxylation is 1. The predicted octanol–water partition coefficient (Wildman–Crippen LogP) is 8.24. The van der Waals surface area contributed by atoms with Crippen molar-refractivity contribution in [1.82, 2.24) is 0 Å². The summed E-state index contributed by atoms with van der Waals surface area (Å²) in [6.45, 7) is 4.79. The second kappa shape index (κ2) is 14.5. The first-order chi connectivity index (χ1) is 15.4. The van der Waals surface area contributed by atoms with Crippen molar-refractivity contribution in [1.29, 1.82) is 0 Å². The van der Waals surface area contributed by atoms with E-state index in [4.69, 9.17) is 60.7 Å². The molecule has 1 atom stereocenters. The lowest BCUT2D eigenvalue weighted by Gasteiger charge is -2.12. The second-order valence-corrected chi connectivity index (χ2v) is 8.95. The van der Waals surface area contributed by atoms with Gasteiger partial charge in [-0.1, -0.05) is 82.7 Å². The smallest absolute Gasteiger partial charge is 0.156 e. The third-order valence-corrected chi connectivity index (χ3v) is 5.43. The summed E-state index contributed by atoms with van der Waals surface area (Å²) >= 11 is 23.7. The lowest BCUT2D eigenvalue weighted by molar-refractivity contribution is 0.0712. The third kappa shape index (κ3) is 9.91. The van der Waals surface area contributed by atoms with Gasteiger partial charge in [-0.2, -0.15) is 0 Å². The number of hydrogen-bond donors (Lipinski definition) is 0. The van der Waals surface area contributed by atoms with Gasteiger partial charge in [-0.05, 0) is 49.8 Å². The van der Waals surface area contributed by atoms with E-state index in [1.165, 1.54) is 11.6 Å². The molecule has 0 fully saturated rings. The zero-order valence-electron chi connectivity index (χ0n) is 18.1. The zero-order chi connectivity index (χ0) is 23.3. The maximum absolute atomic E-state index is 6.28. The minimum Gasteiger partial charge on any atom is -0.490 e. The molecule has 0 amide bonds. The van der Waals surface area contributed by atoms with Gasteiger partial charge in [0.15, 0.2) is 5.75 Å². The Bertz CT molecular complexity index is 874. The molecule has 32 heavy (non-hydrogen) atoms. The Labute approximate surface area is 210 Å².